The van der Waals surface area contributed by atoms with Gasteiger partial charge in [-0.1, -0.05) is 18.2 Å². The summed E-state index contributed by atoms with van der Waals surface area (Å²) in [5, 5.41) is 5.86. The van der Waals surface area contributed by atoms with E-state index in [1.165, 1.54) is 4.68 Å². The molecule has 5 heteroatoms. The maximum atomic E-state index is 12.3. The van der Waals surface area contributed by atoms with Gasteiger partial charge < -0.3 is 4.74 Å². The topological polar surface area (TPSA) is 47.4 Å². The molecule has 3 rings (SSSR count). The molecule has 1 aromatic heterocycles. The third-order valence-corrected chi connectivity index (χ3v) is 3.42. The lowest BCUT2D eigenvalue weighted by Crippen LogP contribution is -2.44. The van der Waals surface area contributed by atoms with Crippen LogP contribution >= 0.6 is 0 Å². The largest absolute Gasteiger partial charge is 0.376 e. The van der Waals surface area contributed by atoms with Gasteiger partial charge in [0.1, 0.15) is 0 Å². The van der Waals surface area contributed by atoms with Crippen molar-refractivity contribution in [3.8, 4) is 0 Å². The zero-order valence-corrected chi connectivity index (χ0v) is 11.0. The second-order valence-electron chi connectivity index (χ2n) is 4.94. The van der Waals surface area contributed by atoms with Crippen LogP contribution in [0.5, 0.6) is 0 Å². The van der Waals surface area contributed by atoms with Crippen molar-refractivity contribution in [2.24, 2.45) is 0 Å². The molecule has 1 fully saturated rings. The van der Waals surface area contributed by atoms with Gasteiger partial charge in [0.15, 0.2) is 0 Å². The number of morpholine rings is 1. The molecule has 0 radical (unpaired) electrons. The van der Waals surface area contributed by atoms with E-state index < -0.39 is 0 Å². The molecule has 1 aromatic carbocycles. The van der Waals surface area contributed by atoms with Crippen LogP contribution in [0.15, 0.2) is 35.3 Å². The fourth-order valence-corrected chi connectivity index (χ4v) is 2.44. The summed E-state index contributed by atoms with van der Waals surface area (Å²) in [4.78, 5) is 14.5. The van der Waals surface area contributed by atoms with Gasteiger partial charge in [-0.15, -0.1) is 0 Å². The Bertz CT molecular complexity index is 638. The molecule has 0 amide bonds. The van der Waals surface area contributed by atoms with Crippen LogP contribution in [0.25, 0.3) is 10.8 Å². The first-order valence-electron chi connectivity index (χ1n) is 6.53. The molecule has 0 spiro atoms. The van der Waals surface area contributed by atoms with Crippen LogP contribution in [-0.2, 0) is 11.4 Å². The quantitative estimate of drug-likeness (QED) is 0.809. The second kappa shape index (κ2) is 5.11. The van der Waals surface area contributed by atoms with Crippen LogP contribution in [0.3, 0.4) is 0 Å². The van der Waals surface area contributed by atoms with Crippen LogP contribution in [0.1, 0.15) is 6.92 Å². The Morgan fingerprint density at radius 2 is 2.26 bits per heavy atom. The summed E-state index contributed by atoms with van der Waals surface area (Å²) in [7, 11) is 0. The predicted molar refractivity (Wildman–Crippen MR) is 73.0 cm³/mol. The number of fused-ring (bicyclic) bond motifs is 1. The number of rotatable bonds is 2. The fourth-order valence-electron chi connectivity index (χ4n) is 2.44. The smallest absolute Gasteiger partial charge is 0.275 e. The number of aromatic nitrogens is 2. The second-order valence-corrected chi connectivity index (χ2v) is 4.94. The lowest BCUT2D eigenvalue weighted by molar-refractivity contribution is -0.0309. The first-order valence-corrected chi connectivity index (χ1v) is 6.53. The standard InChI is InChI=1S/C14H17N3O2/c1-11-9-16(6-7-19-11)10-17-14(18)13-5-3-2-4-12(13)8-15-17/h2-5,8,11H,6-7,9-10H2,1H3/t11-/m0/s1. The molecular formula is C14H17N3O2. The molecule has 0 aliphatic carbocycles. The normalized spacial score (nSPS) is 20.8. The zero-order valence-electron chi connectivity index (χ0n) is 11.0. The highest BCUT2D eigenvalue weighted by Crippen LogP contribution is 2.08. The molecule has 1 atom stereocenters. The van der Waals surface area contributed by atoms with Gasteiger partial charge in [-0.2, -0.15) is 5.10 Å². The van der Waals surface area contributed by atoms with Crippen molar-refractivity contribution in [1.82, 2.24) is 14.7 Å². The van der Waals surface area contributed by atoms with Crippen molar-refractivity contribution in [1.29, 1.82) is 0 Å². The number of hydrogen-bond acceptors (Lipinski definition) is 4. The Hall–Kier alpha value is -1.72. The Morgan fingerprint density at radius 3 is 3.11 bits per heavy atom. The van der Waals surface area contributed by atoms with Crippen LogP contribution in [-0.4, -0.2) is 40.5 Å². The molecule has 2 aromatic rings. The van der Waals surface area contributed by atoms with E-state index in [0.29, 0.717) is 13.3 Å². The molecule has 1 aliphatic rings. The minimum atomic E-state index is -0.0303. The van der Waals surface area contributed by atoms with E-state index in [1.54, 1.807) is 6.20 Å². The van der Waals surface area contributed by atoms with E-state index >= 15 is 0 Å². The minimum Gasteiger partial charge on any atom is -0.376 e. The van der Waals surface area contributed by atoms with Gasteiger partial charge in [0.2, 0.25) is 0 Å². The van der Waals surface area contributed by atoms with E-state index in [-0.39, 0.29) is 11.7 Å². The maximum Gasteiger partial charge on any atom is 0.275 e. The summed E-state index contributed by atoms with van der Waals surface area (Å²) in [6.45, 7) is 4.95. The van der Waals surface area contributed by atoms with Gasteiger partial charge in [0.25, 0.3) is 5.56 Å². The predicted octanol–water partition coefficient (Wildman–Crippen LogP) is 1.07. The average Bonchev–Trinajstić information content (AvgIpc) is 2.42. The van der Waals surface area contributed by atoms with E-state index in [4.69, 9.17) is 4.74 Å². The Morgan fingerprint density at radius 1 is 1.42 bits per heavy atom. The molecular weight excluding hydrogens is 242 g/mol. The lowest BCUT2D eigenvalue weighted by Gasteiger charge is -2.30. The number of benzene rings is 1. The zero-order chi connectivity index (χ0) is 13.2. The summed E-state index contributed by atoms with van der Waals surface area (Å²) in [6.07, 6.45) is 1.96. The monoisotopic (exact) mass is 259 g/mol. The molecule has 0 N–H and O–H groups in total. The fraction of sp³-hybridized carbons (Fsp3) is 0.429. The average molecular weight is 259 g/mol. The number of hydrogen-bond donors (Lipinski definition) is 0. The Labute approximate surface area is 111 Å². The van der Waals surface area contributed by atoms with Crippen LogP contribution in [0, 0.1) is 0 Å². The van der Waals surface area contributed by atoms with Gasteiger partial charge in [-0.3, -0.25) is 9.69 Å². The van der Waals surface area contributed by atoms with Crippen LogP contribution in [0.2, 0.25) is 0 Å². The molecule has 100 valence electrons. The Kier molecular flexibility index (Phi) is 3.31. The summed E-state index contributed by atoms with van der Waals surface area (Å²) in [5.74, 6) is 0. The molecule has 19 heavy (non-hydrogen) atoms. The summed E-state index contributed by atoms with van der Waals surface area (Å²) in [6, 6.07) is 7.55. The van der Waals surface area contributed by atoms with Gasteiger partial charge >= 0.3 is 0 Å². The third kappa shape index (κ3) is 2.52. The maximum absolute atomic E-state index is 12.3. The molecule has 1 saturated heterocycles. The summed E-state index contributed by atoms with van der Waals surface area (Å²) in [5.41, 5.74) is -0.0303. The lowest BCUT2D eigenvalue weighted by atomic mass is 10.2. The highest BCUT2D eigenvalue weighted by atomic mass is 16.5. The number of nitrogens with zero attached hydrogens (tertiary/aromatic N) is 3. The summed E-state index contributed by atoms with van der Waals surface area (Å²) >= 11 is 0. The van der Waals surface area contributed by atoms with Gasteiger partial charge in [-0.25, -0.2) is 4.68 Å². The van der Waals surface area contributed by atoms with Crippen molar-refractivity contribution in [2.45, 2.75) is 19.7 Å². The number of ether oxygens (including phenoxy) is 1. The minimum absolute atomic E-state index is 0.0303. The van der Waals surface area contributed by atoms with Crippen molar-refractivity contribution in [3.05, 3.63) is 40.8 Å². The van der Waals surface area contributed by atoms with Gasteiger partial charge in [0.05, 0.1) is 31.0 Å². The third-order valence-electron chi connectivity index (χ3n) is 3.42. The van der Waals surface area contributed by atoms with E-state index in [0.717, 1.165) is 23.9 Å². The molecule has 0 bridgehead atoms. The van der Waals surface area contributed by atoms with Crippen molar-refractivity contribution >= 4 is 10.8 Å². The molecule has 0 unspecified atom stereocenters. The SMILES string of the molecule is C[C@H]1CN(Cn2ncc3ccccc3c2=O)CCO1. The molecule has 1 aliphatic heterocycles. The first kappa shape index (κ1) is 12.3. The van der Waals surface area contributed by atoms with Crippen LogP contribution in [0.4, 0.5) is 0 Å². The molecule has 0 saturated carbocycles. The van der Waals surface area contributed by atoms with E-state index in [1.807, 2.05) is 31.2 Å². The molecule has 5 nitrogen and oxygen atoms in total. The van der Waals surface area contributed by atoms with Gasteiger partial charge in [0, 0.05) is 18.5 Å². The van der Waals surface area contributed by atoms with E-state index in [9.17, 15) is 4.79 Å². The Balaban J connectivity index is 1.89. The highest BCUT2D eigenvalue weighted by Gasteiger charge is 2.17. The summed E-state index contributed by atoms with van der Waals surface area (Å²) < 4.78 is 7.02. The highest BCUT2D eigenvalue weighted by molar-refractivity contribution is 5.80. The first-order chi connectivity index (χ1) is 9.24. The van der Waals surface area contributed by atoms with E-state index in [2.05, 4.69) is 10.00 Å². The molecule has 2 heterocycles. The van der Waals surface area contributed by atoms with Crippen molar-refractivity contribution in [2.75, 3.05) is 19.7 Å². The van der Waals surface area contributed by atoms with Gasteiger partial charge in [-0.05, 0) is 13.0 Å². The van der Waals surface area contributed by atoms with Crippen molar-refractivity contribution < 1.29 is 4.74 Å². The van der Waals surface area contributed by atoms with Crippen molar-refractivity contribution in [3.63, 3.8) is 0 Å². The van der Waals surface area contributed by atoms with Crippen LogP contribution < -0.4 is 5.56 Å².